The van der Waals surface area contributed by atoms with Crippen molar-refractivity contribution < 1.29 is 15.2 Å². The van der Waals surface area contributed by atoms with E-state index in [1.807, 2.05) is 37.3 Å². The monoisotopic (exact) mass is 213 g/mol. The molecule has 0 aromatic heterocycles. The predicted molar refractivity (Wildman–Crippen MR) is 65.4 cm³/mol. The SMILES string of the molecule is CC#N.CC1(c2ccccc2)OCCO1.[HH].[HH].[HH].[HH]. The zero-order valence-corrected chi connectivity index (χ0v) is 9.06. The van der Waals surface area contributed by atoms with Crippen molar-refractivity contribution in [3.63, 3.8) is 0 Å². The van der Waals surface area contributed by atoms with Crippen molar-refractivity contribution in [2.75, 3.05) is 13.2 Å². The molecule has 0 spiro atoms. The number of hydrogen-bond acceptors (Lipinski definition) is 3. The molecule has 0 unspecified atom stereocenters. The number of ether oxygens (including phenoxy) is 2. The molecule has 1 aromatic carbocycles. The molecule has 1 aliphatic rings. The third-order valence-electron chi connectivity index (χ3n) is 2.14. The van der Waals surface area contributed by atoms with Crippen LogP contribution in [0.3, 0.4) is 0 Å². The Labute approximate surface area is 96.2 Å². The first-order chi connectivity index (χ1) is 7.23. The van der Waals surface area contributed by atoms with E-state index in [2.05, 4.69) is 0 Å². The quantitative estimate of drug-likeness (QED) is 0.717. The first-order valence-corrected chi connectivity index (χ1v) is 4.87. The Kier molecular flexibility index (Phi) is 4.29. The van der Waals surface area contributed by atoms with Gasteiger partial charge in [0.15, 0.2) is 5.79 Å². The lowest BCUT2D eigenvalue weighted by Crippen LogP contribution is -2.21. The van der Waals surface area contributed by atoms with E-state index < -0.39 is 5.79 Å². The number of benzene rings is 1. The number of rotatable bonds is 1. The van der Waals surface area contributed by atoms with Crippen molar-refractivity contribution >= 4 is 0 Å². The lowest BCUT2D eigenvalue weighted by Gasteiger charge is -2.22. The molecular formula is C12H23NO2. The van der Waals surface area contributed by atoms with Gasteiger partial charge in [0.05, 0.1) is 19.3 Å². The van der Waals surface area contributed by atoms with Crippen LogP contribution in [0.2, 0.25) is 0 Å². The highest BCUT2D eigenvalue weighted by atomic mass is 16.7. The molecule has 1 aromatic rings. The fraction of sp³-hybridized carbons (Fsp3) is 0.417. The molecule has 3 nitrogen and oxygen atoms in total. The average molecular weight is 213 g/mol. The second kappa shape index (κ2) is 5.50. The lowest BCUT2D eigenvalue weighted by atomic mass is 10.1. The molecule has 0 atom stereocenters. The molecular weight excluding hydrogens is 190 g/mol. The minimum atomic E-state index is -0.513. The van der Waals surface area contributed by atoms with Gasteiger partial charge in [-0.2, -0.15) is 5.26 Å². The summed E-state index contributed by atoms with van der Waals surface area (Å²) < 4.78 is 11.0. The maximum atomic E-state index is 7.32. The molecule has 0 N–H and O–H groups in total. The Bertz CT molecular complexity index is 337. The average Bonchev–Trinajstić information content (AvgIpc) is 2.69. The van der Waals surface area contributed by atoms with Crippen molar-refractivity contribution in [1.82, 2.24) is 0 Å². The summed E-state index contributed by atoms with van der Waals surface area (Å²) in [4.78, 5) is 0. The third kappa shape index (κ3) is 3.05. The minimum Gasteiger partial charge on any atom is -0.344 e. The number of nitrogens with zero attached hydrogens (tertiary/aromatic N) is 1. The van der Waals surface area contributed by atoms with Crippen LogP contribution in [0.25, 0.3) is 0 Å². The smallest absolute Gasteiger partial charge is 0.192 e. The molecule has 0 aliphatic carbocycles. The summed E-state index contributed by atoms with van der Waals surface area (Å²) in [7, 11) is 0. The molecule has 1 aliphatic heterocycles. The largest absolute Gasteiger partial charge is 0.344 e. The Hall–Kier alpha value is -1.37. The summed E-state index contributed by atoms with van der Waals surface area (Å²) in [6.07, 6.45) is 0. The van der Waals surface area contributed by atoms with Gasteiger partial charge in [-0.3, -0.25) is 0 Å². The zero-order valence-electron chi connectivity index (χ0n) is 9.06. The Morgan fingerprint density at radius 3 is 2.20 bits per heavy atom. The van der Waals surface area contributed by atoms with Gasteiger partial charge < -0.3 is 9.47 Å². The topological polar surface area (TPSA) is 42.2 Å². The molecule has 2 rings (SSSR count). The van der Waals surface area contributed by atoms with Crippen molar-refractivity contribution in [2.45, 2.75) is 19.6 Å². The van der Waals surface area contributed by atoms with E-state index in [9.17, 15) is 0 Å². The maximum absolute atomic E-state index is 7.32. The van der Waals surface area contributed by atoms with Crippen molar-refractivity contribution in [3.05, 3.63) is 35.9 Å². The van der Waals surface area contributed by atoms with Gasteiger partial charge in [0.25, 0.3) is 0 Å². The van der Waals surface area contributed by atoms with E-state index in [1.165, 1.54) is 6.92 Å². The highest BCUT2D eigenvalue weighted by Gasteiger charge is 2.32. The van der Waals surface area contributed by atoms with Gasteiger partial charge in [0.2, 0.25) is 0 Å². The van der Waals surface area contributed by atoms with Gasteiger partial charge in [0.1, 0.15) is 0 Å². The van der Waals surface area contributed by atoms with Crippen LogP contribution in [-0.2, 0) is 15.3 Å². The van der Waals surface area contributed by atoms with Crippen LogP contribution in [-0.4, -0.2) is 13.2 Å². The van der Waals surface area contributed by atoms with E-state index in [0.29, 0.717) is 13.2 Å². The van der Waals surface area contributed by atoms with Crippen molar-refractivity contribution in [3.8, 4) is 6.07 Å². The molecule has 3 heteroatoms. The Balaban J connectivity index is -0.000000149. The summed E-state index contributed by atoms with van der Waals surface area (Å²) in [5.74, 6) is -0.513. The van der Waals surface area contributed by atoms with Gasteiger partial charge in [-0.05, 0) is 6.92 Å². The highest BCUT2D eigenvalue weighted by molar-refractivity contribution is 5.19. The minimum absolute atomic E-state index is 0. The molecule has 1 fully saturated rings. The molecule has 0 radical (unpaired) electrons. The van der Waals surface area contributed by atoms with Crippen LogP contribution < -0.4 is 0 Å². The van der Waals surface area contributed by atoms with Crippen molar-refractivity contribution in [1.29, 1.82) is 5.26 Å². The fourth-order valence-electron chi connectivity index (χ4n) is 1.42. The molecule has 15 heavy (non-hydrogen) atoms. The summed E-state index contributed by atoms with van der Waals surface area (Å²) >= 11 is 0. The van der Waals surface area contributed by atoms with Gasteiger partial charge in [0, 0.05) is 18.2 Å². The number of hydrogen-bond donors (Lipinski definition) is 0. The molecule has 0 saturated carbocycles. The molecule has 88 valence electrons. The first kappa shape index (κ1) is 11.7. The Morgan fingerprint density at radius 1 is 1.27 bits per heavy atom. The van der Waals surface area contributed by atoms with E-state index in [4.69, 9.17) is 14.7 Å². The molecule has 0 bridgehead atoms. The van der Waals surface area contributed by atoms with E-state index in [0.717, 1.165) is 5.56 Å². The maximum Gasteiger partial charge on any atom is 0.192 e. The first-order valence-electron chi connectivity index (χ1n) is 4.87. The summed E-state index contributed by atoms with van der Waals surface area (Å²) in [5.41, 5.74) is 1.09. The van der Waals surface area contributed by atoms with Gasteiger partial charge >= 0.3 is 0 Å². The van der Waals surface area contributed by atoms with Crippen LogP contribution >= 0.6 is 0 Å². The summed E-state index contributed by atoms with van der Waals surface area (Å²) in [6.45, 7) is 4.76. The van der Waals surface area contributed by atoms with Crippen molar-refractivity contribution in [2.24, 2.45) is 0 Å². The van der Waals surface area contributed by atoms with Gasteiger partial charge in [-0.15, -0.1) is 0 Å². The molecule has 0 amide bonds. The zero-order chi connectivity index (χ0) is 11.1. The van der Waals surface area contributed by atoms with E-state index >= 15 is 0 Å². The third-order valence-corrected chi connectivity index (χ3v) is 2.14. The van der Waals surface area contributed by atoms with Crippen LogP contribution in [0.15, 0.2) is 30.3 Å². The molecule has 1 saturated heterocycles. The summed E-state index contributed by atoms with van der Waals surface area (Å²) in [5, 5.41) is 7.32. The fourth-order valence-corrected chi connectivity index (χ4v) is 1.42. The molecule has 1 heterocycles. The van der Waals surface area contributed by atoms with Crippen LogP contribution in [0, 0.1) is 11.3 Å². The van der Waals surface area contributed by atoms with Crippen LogP contribution in [0.5, 0.6) is 0 Å². The summed E-state index contributed by atoms with van der Waals surface area (Å²) in [6, 6.07) is 11.8. The predicted octanol–water partition coefficient (Wildman–Crippen LogP) is 3.42. The van der Waals surface area contributed by atoms with E-state index in [1.54, 1.807) is 6.07 Å². The lowest BCUT2D eigenvalue weighted by molar-refractivity contribution is -0.149. The van der Waals surface area contributed by atoms with Gasteiger partial charge in [-0.25, -0.2) is 0 Å². The van der Waals surface area contributed by atoms with Crippen LogP contribution in [0.4, 0.5) is 0 Å². The standard InChI is InChI=1S/C10H12O2.C2H3N.4H2/c1-10(11-7-8-12-10)9-5-3-2-4-6-9;1-2-3;;;;/h2-6H,7-8H2,1H3;1H3;4*1H. The highest BCUT2D eigenvalue weighted by Crippen LogP contribution is 2.29. The Morgan fingerprint density at radius 2 is 1.73 bits per heavy atom. The second-order valence-electron chi connectivity index (χ2n) is 3.23. The van der Waals surface area contributed by atoms with Crippen LogP contribution in [0.1, 0.15) is 25.1 Å². The van der Waals surface area contributed by atoms with E-state index in [-0.39, 0.29) is 5.71 Å². The number of nitriles is 1. The van der Waals surface area contributed by atoms with Gasteiger partial charge in [-0.1, -0.05) is 30.3 Å². The normalized spacial score (nSPS) is 17.4. The second-order valence-corrected chi connectivity index (χ2v) is 3.23.